The molecule has 8 heteroatoms. The number of hydrogen-bond acceptors (Lipinski definition) is 6. The number of benzene rings is 2. The van der Waals surface area contributed by atoms with Gasteiger partial charge in [0.05, 0.1) is 24.5 Å². The summed E-state index contributed by atoms with van der Waals surface area (Å²) >= 11 is 0. The van der Waals surface area contributed by atoms with Gasteiger partial charge in [-0.25, -0.2) is 4.98 Å². The minimum Gasteiger partial charge on any atom is -0.507 e. The van der Waals surface area contributed by atoms with Gasteiger partial charge in [0.2, 0.25) is 0 Å². The second kappa shape index (κ2) is 9.89. The van der Waals surface area contributed by atoms with Gasteiger partial charge in [0, 0.05) is 37.5 Å². The van der Waals surface area contributed by atoms with Crippen LogP contribution in [0.2, 0.25) is 0 Å². The number of aryl methyl sites for hydroxylation is 1. The van der Waals surface area contributed by atoms with Crippen molar-refractivity contribution in [1.29, 1.82) is 0 Å². The number of aliphatic hydroxyl groups is 1. The Kier molecular flexibility index (Phi) is 6.50. The van der Waals surface area contributed by atoms with Crippen molar-refractivity contribution in [3.05, 3.63) is 83.4 Å². The molecule has 3 aromatic rings. The molecule has 1 aromatic heterocycles. The molecule has 0 unspecified atom stereocenters. The van der Waals surface area contributed by atoms with Gasteiger partial charge in [0.1, 0.15) is 23.4 Å². The molecular weight excluding hydrogens is 458 g/mol. The molecule has 2 aromatic carbocycles. The molecule has 0 radical (unpaired) electrons. The van der Waals surface area contributed by atoms with Gasteiger partial charge in [-0.2, -0.15) is 0 Å². The van der Waals surface area contributed by atoms with E-state index >= 15 is 0 Å². The van der Waals surface area contributed by atoms with Crippen LogP contribution in [0.3, 0.4) is 0 Å². The molecule has 0 bridgehead atoms. The van der Waals surface area contributed by atoms with Crippen LogP contribution in [0.1, 0.15) is 43.0 Å². The van der Waals surface area contributed by atoms with Crippen molar-refractivity contribution in [3.8, 4) is 11.5 Å². The Bertz CT molecular complexity index is 1300. The van der Waals surface area contributed by atoms with Crippen molar-refractivity contribution in [2.75, 3.05) is 13.2 Å². The summed E-state index contributed by atoms with van der Waals surface area (Å²) in [6.45, 7) is 5.44. The van der Waals surface area contributed by atoms with Gasteiger partial charge in [0.15, 0.2) is 0 Å². The van der Waals surface area contributed by atoms with Crippen LogP contribution in [0.4, 0.5) is 0 Å². The van der Waals surface area contributed by atoms with Gasteiger partial charge >= 0.3 is 0 Å². The number of imidazole rings is 1. The summed E-state index contributed by atoms with van der Waals surface area (Å²) in [7, 11) is 0. The Morgan fingerprint density at radius 3 is 2.69 bits per heavy atom. The molecule has 186 valence electrons. The summed E-state index contributed by atoms with van der Waals surface area (Å²) in [4.78, 5) is 32.1. The fourth-order valence-corrected chi connectivity index (χ4v) is 4.94. The first-order valence-electron chi connectivity index (χ1n) is 12.2. The number of nitrogens with zero attached hydrogens (tertiary/aromatic N) is 3. The number of carbonyl (C=O) groups excluding carboxylic acids is 2. The standard InChI is InChI=1S/C28H29N3O5/c1-3-35-22-8-5-19(6-9-22)25-24(26(32)20-7-10-23-21(16-20)15-18(2)36-23)27(33)28(34)31(25)13-4-12-30-14-11-29-17-30/h5-11,14,16-18,25,32H,3-4,12-13,15H2,1-2H3/b26-24+/t18-,25-/m1/s1. The highest BCUT2D eigenvalue weighted by Crippen LogP contribution is 2.41. The molecule has 36 heavy (non-hydrogen) atoms. The van der Waals surface area contributed by atoms with E-state index in [1.165, 1.54) is 0 Å². The number of carbonyl (C=O) groups is 2. The van der Waals surface area contributed by atoms with Crippen molar-refractivity contribution >= 4 is 17.4 Å². The van der Waals surface area contributed by atoms with Crippen LogP contribution in [0.5, 0.6) is 11.5 Å². The molecule has 1 amide bonds. The van der Waals surface area contributed by atoms with Crippen molar-refractivity contribution in [1.82, 2.24) is 14.5 Å². The molecule has 0 saturated carbocycles. The first-order chi connectivity index (χ1) is 17.5. The van der Waals surface area contributed by atoms with Crippen LogP contribution in [-0.4, -0.2) is 50.5 Å². The van der Waals surface area contributed by atoms with E-state index in [1.807, 2.05) is 54.9 Å². The zero-order chi connectivity index (χ0) is 25.2. The molecule has 3 heterocycles. The molecular formula is C28H29N3O5. The van der Waals surface area contributed by atoms with Crippen LogP contribution in [0.15, 0.2) is 66.8 Å². The summed E-state index contributed by atoms with van der Waals surface area (Å²) < 4.78 is 13.3. The summed E-state index contributed by atoms with van der Waals surface area (Å²) in [5.74, 6) is 0.0122. The van der Waals surface area contributed by atoms with E-state index < -0.39 is 17.7 Å². The lowest BCUT2D eigenvalue weighted by atomic mass is 9.94. The van der Waals surface area contributed by atoms with Crippen LogP contribution in [-0.2, 0) is 22.6 Å². The highest BCUT2D eigenvalue weighted by Gasteiger charge is 2.45. The van der Waals surface area contributed by atoms with Gasteiger partial charge in [-0.3, -0.25) is 9.59 Å². The van der Waals surface area contributed by atoms with Crippen LogP contribution in [0, 0.1) is 0 Å². The quantitative estimate of drug-likeness (QED) is 0.292. The summed E-state index contributed by atoms with van der Waals surface area (Å²) in [5.41, 5.74) is 2.30. The average molecular weight is 488 g/mol. The molecule has 8 nitrogen and oxygen atoms in total. The molecule has 2 aliphatic heterocycles. The second-order valence-corrected chi connectivity index (χ2v) is 9.10. The lowest BCUT2D eigenvalue weighted by Crippen LogP contribution is -2.31. The predicted molar refractivity (Wildman–Crippen MR) is 134 cm³/mol. The number of hydrogen-bond donors (Lipinski definition) is 1. The molecule has 0 aliphatic carbocycles. The second-order valence-electron chi connectivity index (χ2n) is 9.10. The Balaban J connectivity index is 1.52. The van der Waals surface area contributed by atoms with Crippen molar-refractivity contribution in [3.63, 3.8) is 0 Å². The van der Waals surface area contributed by atoms with E-state index in [1.54, 1.807) is 29.6 Å². The highest BCUT2D eigenvalue weighted by atomic mass is 16.5. The third-order valence-electron chi connectivity index (χ3n) is 6.59. The smallest absolute Gasteiger partial charge is 0.295 e. The van der Waals surface area contributed by atoms with E-state index in [0.29, 0.717) is 37.4 Å². The van der Waals surface area contributed by atoms with Crippen LogP contribution >= 0.6 is 0 Å². The van der Waals surface area contributed by atoms with Gasteiger partial charge in [-0.1, -0.05) is 12.1 Å². The molecule has 0 spiro atoms. The summed E-state index contributed by atoms with van der Waals surface area (Å²) in [6.07, 6.45) is 6.69. The zero-order valence-electron chi connectivity index (χ0n) is 20.4. The molecule has 2 atom stereocenters. The average Bonchev–Trinajstić information content (AvgIpc) is 3.58. The van der Waals surface area contributed by atoms with Crippen molar-refractivity contribution < 1.29 is 24.2 Å². The number of Topliss-reactive ketones (excluding diaryl/α,β-unsaturated/α-hetero) is 1. The van der Waals surface area contributed by atoms with E-state index in [0.717, 1.165) is 23.3 Å². The number of aliphatic hydroxyl groups excluding tert-OH is 1. The first-order valence-corrected chi connectivity index (χ1v) is 12.2. The van der Waals surface area contributed by atoms with E-state index in [4.69, 9.17) is 9.47 Å². The Morgan fingerprint density at radius 2 is 1.97 bits per heavy atom. The third kappa shape index (κ3) is 4.46. The Labute approximate surface area is 209 Å². The van der Waals surface area contributed by atoms with Gasteiger partial charge in [-0.05, 0) is 61.7 Å². The third-order valence-corrected chi connectivity index (χ3v) is 6.59. The maximum absolute atomic E-state index is 13.3. The van der Waals surface area contributed by atoms with Crippen molar-refractivity contribution in [2.45, 2.75) is 45.4 Å². The number of ether oxygens (including phenoxy) is 2. The van der Waals surface area contributed by atoms with Crippen LogP contribution in [0.25, 0.3) is 5.76 Å². The first kappa shape index (κ1) is 23.7. The number of rotatable bonds is 8. The lowest BCUT2D eigenvalue weighted by molar-refractivity contribution is -0.139. The molecule has 1 saturated heterocycles. The number of aromatic nitrogens is 2. The fraction of sp³-hybridized carbons (Fsp3) is 0.321. The van der Waals surface area contributed by atoms with Gasteiger partial charge in [-0.15, -0.1) is 0 Å². The zero-order valence-corrected chi connectivity index (χ0v) is 20.4. The number of amides is 1. The molecule has 2 aliphatic rings. The fourth-order valence-electron chi connectivity index (χ4n) is 4.94. The number of ketones is 1. The summed E-state index contributed by atoms with van der Waals surface area (Å²) in [5, 5.41) is 11.4. The van der Waals surface area contributed by atoms with Gasteiger partial charge in [0.25, 0.3) is 11.7 Å². The van der Waals surface area contributed by atoms with Crippen LogP contribution < -0.4 is 9.47 Å². The SMILES string of the molecule is CCOc1ccc([C@@H]2/C(=C(\O)c3ccc4c(c3)C[C@@H](C)O4)C(=O)C(=O)N2CCCn2ccnc2)cc1. The molecule has 1 fully saturated rings. The maximum Gasteiger partial charge on any atom is 0.295 e. The minimum atomic E-state index is -0.702. The molecule has 5 rings (SSSR count). The van der Waals surface area contributed by atoms with E-state index in [9.17, 15) is 14.7 Å². The minimum absolute atomic E-state index is 0.0577. The van der Waals surface area contributed by atoms with E-state index in [-0.39, 0.29) is 17.4 Å². The topological polar surface area (TPSA) is 93.9 Å². The number of fused-ring (bicyclic) bond motifs is 1. The largest absolute Gasteiger partial charge is 0.507 e. The maximum atomic E-state index is 13.3. The van der Waals surface area contributed by atoms with Gasteiger partial charge < -0.3 is 24.0 Å². The van der Waals surface area contributed by atoms with Crippen molar-refractivity contribution in [2.24, 2.45) is 0 Å². The molecule has 1 N–H and O–H groups in total. The normalized spacial score (nSPS) is 20.4. The lowest BCUT2D eigenvalue weighted by Gasteiger charge is -2.25. The Hall–Kier alpha value is -4.07. The highest BCUT2D eigenvalue weighted by molar-refractivity contribution is 6.46. The Morgan fingerprint density at radius 1 is 1.17 bits per heavy atom. The monoisotopic (exact) mass is 487 g/mol. The number of likely N-dealkylation sites (tertiary alicyclic amines) is 1. The predicted octanol–water partition coefficient (Wildman–Crippen LogP) is 4.12. The summed E-state index contributed by atoms with van der Waals surface area (Å²) in [6, 6.07) is 12.0. The van der Waals surface area contributed by atoms with E-state index in [2.05, 4.69) is 4.98 Å².